The third-order valence-corrected chi connectivity index (χ3v) is 5.42. The Morgan fingerprint density at radius 2 is 2.24 bits per heavy atom. The molecule has 4 N–H and O–H groups in total. The molecule has 0 aliphatic heterocycles. The average Bonchev–Trinajstić information content (AvgIpc) is 2.40. The number of rotatable bonds is 7. The highest BCUT2D eigenvalue weighted by atomic mass is 79.9. The van der Waals surface area contributed by atoms with Crippen molar-refractivity contribution in [1.29, 1.82) is 0 Å². The Hall–Kier alpha value is -0.450. The van der Waals surface area contributed by atoms with Gasteiger partial charge in [-0.1, -0.05) is 11.6 Å². The molecule has 1 aromatic carbocycles. The second-order valence-electron chi connectivity index (χ2n) is 4.19. The number of halogens is 3. The molecule has 1 aromatic rings. The van der Waals surface area contributed by atoms with E-state index in [-0.39, 0.29) is 34.8 Å². The molecule has 1 atom stereocenters. The lowest BCUT2D eigenvalue weighted by Gasteiger charge is -2.13. The van der Waals surface area contributed by atoms with Crippen LogP contribution in [0, 0.1) is 5.82 Å². The summed E-state index contributed by atoms with van der Waals surface area (Å²) >= 11 is 8.74. The monoisotopic (exact) mass is 404 g/mol. The number of sulfonamides is 1. The van der Waals surface area contributed by atoms with Crippen LogP contribution in [0.1, 0.15) is 6.42 Å². The first-order valence-corrected chi connectivity index (χ1v) is 8.45. The molecule has 0 radical (unpaired) electrons. The van der Waals surface area contributed by atoms with E-state index in [9.17, 15) is 17.9 Å². The summed E-state index contributed by atoms with van der Waals surface area (Å²) < 4.78 is 44.9. The SMILES string of the molecule is COCC(O)CCNS(=O)(=O)c1cc(Cl)c(Br)c(N)c1F. The highest BCUT2D eigenvalue weighted by molar-refractivity contribution is 9.10. The van der Waals surface area contributed by atoms with Crippen LogP contribution >= 0.6 is 27.5 Å². The van der Waals surface area contributed by atoms with Crippen LogP contribution in [0.25, 0.3) is 0 Å². The minimum atomic E-state index is -4.13. The lowest BCUT2D eigenvalue weighted by molar-refractivity contribution is 0.0603. The van der Waals surface area contributed by atoms with Crippen molar-refractivity contribution in [2.75, 3.05) is 26.0 Å². The van der Waals surface area contributed by atoms with E-state index in [1.165, 1.54) is 7.11 Å². The number of aliphatic hydroxyl groups is 1. The lowest BCUT2D eigenvalue weighted by Crippen LogP contribution is -2.29. The maximum absolute atomic E-state index is 13.9. The summed E-state index contributed by atoms with van der Waals surface area (Å²) in [4.78, 5) is -0.644. The molecule has 0 saturated heterocycles. The zero-order valence-corrected chi connectivity index (χ0v) is 14.2. The highest BCUT2D eigenvalue weighted by Gasteiger charge is 2.24. The van der Waals surface area contributed by atoms with Crippen LogP contribution in [0.2, 0.25) is 5.02 Å². The van der Waals surface area contributed by atoms with Crippen molar-refractivity contribution in [1.82, 2.24) is 4.72 Å². The maximum Gasteiger partial charge on any atom is 0.243 e. The minimum absolute atomic E-state index is 0.0197. The average molecular weight is 406 g/mol. The maximum atomic E-state index is 13.9. The number of methoxy groups -OCH3 is 1. The summed E-state index contributed by atoms with van der Waals surface area (Å²) in [5.74, 6) is -1.09. The van der Waals surface area contributed by atoms with Crippen molar-refractivity contribution in [3.8, 4) is 0 Å². The third-order valence-electron chi connectivity index (χ3n) is 2.57. The molecule has 0 aliphatic carbocycles. The van der Waals surface area contributed by atoms with Gasteiger partial charge in [0.25, 0.3) is 0 Å². The summed E-state index contributed by atoms with van der Waals surface area (Å²) in [6.07, 6.45) is -0.699. The number of aliphatic hydroxyl groups excluding tert-OH is 1. The molecule has 6 nitrogen and oxygen atoms in total. The molecule has 10 heteroatoms. The van der Waals surface area contributed by atoms with E-state index in [0.717, 1.165) is 6.07 Å². The summed E-state index contributed by atoms with van der Waals surface area (Å²) in [5.41, 5.74) is 5.05. The number of hydrogen-bond donors (Lipinski definition) is 3. The van der Waals surface area contributed by atoms with Gasteiger partial charge in [0.1, 0.15) is 4.90 Å². The first-order chi connectivity index (χ1) is 9.70. The zero-order chi connectivity index (χ0) is 16.2. The number of ether oxygens (including phenoxy) is 1. The largest absolute Gasteiger partial charge is 0.395 e. The summed E-state index contributed by atoms with van der Waals surface area (Å²) in [6.45, 7) is -0.00691. The van der Waals surface area contributed by atoms with E-state index in [1.807, 2.05) is 0 Å². The summed E-state index contributed by atoms with van der Waals surface area (Å²) in [6, 6.07) is 0.964. The van der Waals surface area contributed by atoms with Gasteiger partial charge in [-0.05, 0) is 28.4 Å². The Labute approximate surface area is 135 Å². The lowest BCUT2D eigenvalue weighted by atomic mass is 10.3. The number of benzene rings is 1. The Bertz CT molecular complexity index is 615. The Morgan fingerprint density at radius 3 is 2.81 bits per heavy atom. The number of nitrogen functional groups attached to an aromatic ring is 1. The van der Waals surface area contributed by atoms with Crippen LogP contribution in [-0.4, -0.2) is 39.9 Å². The van der Waals surface area contributed by atoms with Gasteiger partial charge in [0.15, 0.2) is 5.82 Å². The Balaban J connectivity index is 2.89. The van der Waals surface area contributed by atoms with Crippen molar-refractivity contribution >= 4 is 43.2 Å². The van der Waals surface area contributed by atoms with Crippen LogP contribution in [-0.2, 0) is 14.8 Å². The number of hydrogen-bond acceptors (Lipinski definition) is 5. The smallest absolute Gasteiger partial charge is 0.243 e. The molecule has 0 heterocycles. The first-order valence-electron chi connectivity index (χ1n) is 5.80. The molecule has 120 valence electrons. The topological polar surface area (TPSA) is 102 Å². The molecule has 0 fully saturated rings. The van der Waals surface area contributed by atoms with Gasteiger partial charge in [-0.2, -0.15) is 0 Å². The van der Waals surface area contributed by atoms with Gasteiger partial charge in [-0.15, -0.1) is 0 Å². The normalized spacial score (nSPS) is 13.4. The minimum Gasteiger partial charge on any atom is -0.395 e. The Kier molecular flexibility index (Phi) is 6.82. The van der Waals surface area contributed by atoms with Gasteiger partial charge in [0, 0.05) is 13.7 Å². The summed E-state index contributed by atoms with van der Waals surface area (Å²) in [5, 5.41) is 9.39. The van der Waals surface area contributed by atoms with Crippen molar-refractivity contribution in [2.45, 2.75) is 17.4 Å². The predicted molar refractivity (Wildman–Crippen MR) is 81.2 cm³/mol. The van der Waals surface area contributed by atoms with E-state index in [0.29, 0.717) is 0 Å². The molecule has 21 heavy (non-hydrogen) atoms. The van der Waals surface area contributed by atoms with Gasteiger partial charge in [0.2, 0.25) is 10.0 Å². The van der Waals surface area contributed by atoms with Crippen LogP contribution in [0.3, 0.4) is 0 Å². The molecule has 0 bridgehead atoms. The van der Waals surface area contributed by atoms with Gasteiger partial charge in [0.05, 0.1) is 27.9 Å². The number of nitrogens with one attached hydrogen (secondary N) is 1. The number of nitrogens with two attached hydrogens (primary N) is 1. The fourth-order valence-electron chi connectivity index (χ4n) is 1.51. The summed E-state index contributed by atoms with van der Waals surface area (Å²) in [7, 11) is -2.71. The van der Waals surface area contributed by atoms with Crippen LogP contribution < -0.4 is 10.5 Å². The Morgan fingerprint density at radius 1 is 1.62 bits per heavy atom. The van der Waals surface area contributed by atoms with Crippen LogP contribution in [0.15, 0.2) is 15.4 Å². The molecule has 0 saturated carbocycles. The fraction of sp³-hybridized carbons (Fsp3) is 0.455. The van der Waals surface area contributed by atoms with Crippen molar-refractivity contribution < 1.29 is 22.7 Å². The molecule has 0 aromatic heterocycles. The van der Waals surface area contributed by atoms with E-state index in [1.54, 1.807) is 0 Å². The zero-order valence-electron chi connectivity index (χ0n) is 11.1. The first kappa shape index (κ1) is 18.6. The standard InChI is InChI=1S/C11H15BrClFN2O4S/c1-20-5-6(17)2-3-16-21(18,19)8-4-7(13)9(12)11(15)10(8)14/h4,6,16-17H,2-3,5,15H2,1H3. The number of anilines is 1. The molecule has 1 rings (SSSR count). The third kappa shape index (κ3) is 4.76. The highest BCUT2D eigenvalue weighted by Crippen LogP contribution is 2.34. The van der Waals surface area contributed by atoms with Crippen LogP contribution in [0.5, 0.6) is 0 Å². The molecule has 0 spiro atoms. The van der Waals surface area contributed by atoms with Crippen molar-refractivity contribution in [3.63, 3.8) is 0 Å². The van der Waals surface area contributed by atoms with Gasteiger partial charge < -0.3 is 15.6 Å². The van der Waals surface area contributed by atoms with Crippen molar-refractivity contribution in [2.24, 2.45) is 0 Å². The second kappa shape index (κ2) is 7.70. The van der Waals surface area contributed by atoms with E-state index in [4.69, 9.17) is 22.1 Å². The quantitative estimate of drug-likeness (QED) is 0.471. The van der Waals surface area contributed by atoms with E-state index in [2.05, 4.69) is 20.7 Å². The van der Waals surface area contributed by atoms with E-state index >= 15 is 0 Å². The molecular weight excluding hydrogens is 391 g/mol. The van der Waals surface area contributed by atoms with Crippen LogP contribution in [0.4, 0.5) is 10.1 Å². The van der Waals surface area contributed by atoms with Gasteiger partial charge >= 0.3 is 0 Å². The second-order valence-corrected chi connectivity index (χ2v) is 7.13. The fourth-order valence-corrected chi connectivity index (χ4v) is 3.23. The molecule has 1 unspecified atom stereocenters. The van der Waals surface area contributed by atoms with E-state index < -0.39 is 26.8 Å². The van der Waals surface area contributed by atoms with Crippen molar-refractivity contribution in [3.05, 3.63) is 21.4 Å². The molecule has 0 aliphatic rings. The van der Waals surface area contributed by atoms with Gasteiger partial charge in [-0.25, -0.2) is 17.5 Å². The molecule has 0 amide bonds. The predicted octanol–water partition coefficient (Wildman–Crippen LogP) is 1.50. The van der Waals surface area contributed by atoms with Gasteiger partial charge in [-0.3, -0.25) is 0 Å². The molecular formula is C11H15BrClFN2O4S.